The van der Waals surface area contributed by atoms with Crippen molar-refractivity contribution in [2.75, 3.05) is 6.61 Å². The molecule has 1 aromatic carbocycles. The van der Waals surface area contributed by atoms with Crippen LogP contribution in [-0.2, 0) is 6.42 Å². The predicted octanol–water partition coefficient (Wildman–Crippen LogP) is 2.45. The normalized spacial score (nSPS) is 17.4. The third-order valence-corrected chi connectivity index (χ3v) is 3.38. The molecule has 0 saturated heterocycles. The second-order valence-electron chi connectivity index (χ2n) is 4.65. The first-order valence-corrected chi connectivity index (χ1v) is 6.01. The molecule has 6 nitrogen and oxygen atoms in total. The van der Waals surface area contributed by atoms with Crippen molar-refractivity contribution in [3.05, 3.63) is 50.1 Å². The van der Waals surface area contributed by atoms with Crippen LogP contribution >= 0.6 is 0 Å². The molecule has 0 bridgehead atoms. The van der Waals surface area contributed by atoms with Crippen molar-refractivity contribution < 1.29 is 4.74 Å². The van der Waals surface area contributed by atoms with Crippen molar-refractivity contribution in [3.63, 3.8) is 0 Å². The van der Waals surface area contributed by atoms with E-state index in [2.05, 4.69) is 15.0 Å². The number of pyridine rings is 1. The standard InChI is InChI=1S/C13H12N4O2/c1-7-12-8(2-3-11(18)15-12)4-9-5-10(16-17-14)6-19-13(7)9/h2-4,10H,5-6H2,1H3,(H,15,18). The quantitative estimate of drug-likeness (QED) is 0.482. The Hall–Kier alpha value is -2.46. The summed E-state index contributed by atoms with van der Waals surface area (Å²) in [5, 5.41) is 4.66. The number of aromatic nitrogens is 1. The summed E-state index contributed by atoms with van der Waals surface area (Å²) in [6, 6.07) is 5.10. The number of azide groups is 1. The van der Waals surface area contributed by atoms with Crippen molar-refractivity contribution in [2.24, 2.45) is 5.11 Å². The van der Waals surface area contributed by atoms with Gasteiger partial charge in [-0.25, -0.2) is 0 Å². The summed E-state index contributed by atoms with van der Waals surface area (Å²) >= 11 is 0. The number of hydrogen-bond donors (Lipinski definition) is 1. The van der Waals surface area contributed by atoms with Crippen LogP contribution in [0.25, 0.3) is 21.3 Å². The molecule has 96 valence electrons. The number of fused-ring (bicyclic) bond motifs is 2. The lowest BCUT2D eigenvalue weighted by molar-refractivity contribution is 0.262. The molecule has 0 spiro atoms. The first kappa shape index (κ1) is 11.6. The number of nitrogens with zero attached hydrogens (tertiary/aromatic N) is 3. The molecule has 3 rings (SSSR count). The van der Waals surface area contributed by atoms with Gasteiger partial charge in [-0.2, -0.15) is 0 Å². The van der Waals surface area contributed by atoms with E-state index in [9.17, 15) is 4.79 Å². The van der Waals surface area contributed by atoms with Gasteiger partial charge >= 0.3 is 0 Å². The summed E-state index contributed by atoms with van der Waals surface area (Å²) in [5.41, 5.74) is 11.1. The Morgan fingerprint density at radius 2 is 2.37 bits per heavy atom. The fraction of sp³-hybridized carbons (Fsp3) is 0.308. The van der Waals surface area contributed by atoms with E-state index in [0.717, 1.165) is 27.8 Å². The van der Waals surface area contributed by atoms with Crippen LogP contribution in [0.2, 0.25) is 0 Å². The molecule has 0 radical (unpaired) electrons. The average Bonchev–Trinajstić information content (AvgIpc) is 2.40. The molecule has 6 heteroatoms. The van der Waals surface area contributed by atoms with Gasteiger partial charge < -0.3 is 9.72 Å². The largest absolute Gasteiger partial charge is 0.493 e. The molecule has 0 fully saturated rings. The molecule has 1 aliphatic rings. The summed E-state index contributed by atoms with van der Waals surface area (Å²) < 4.78 is 5.68. The van der Waals surface area contributed by atoms with Crippen LogP contribution in [0.5, 0.6) is 5.75 Å². The zero-order chi connectivity index (χ0) is 13.4. The first-order valence-electron chi connectivity index (χ1n) is 6.01. The number of ether oxygens (including phenoxy) is 1. The van der Waals surface area contributed by atoms with E-state index in [-0.39, 0.29) is 11.6 Å². The molecule has 19 heavy (non-hydrogen) atoms. The summed E-state index contributed by atoms with van der Waals surface area (Å²) in [4.78, 5) is 17.0. The summed E-state index contributed by atoms with van der Waals surface area (Å²) in [5.74, 6) is 0.790. The zero-order valence-electron chi connectivity index (χ0n) is 10.4. The number of nitrogens with one attached hydrogen (secondary N) is 1. The monoisotopic (exact) mass is 256 g/mol. The number of hydrogen-bond acceptors (Lipinski definition) is 3. The Kier molecular flexibility index (Phi) is 2.65. The molecule has 0 amide bonds. The van der Waals surface area contributed by atoms with Crippen molar-refractivity contribution in [2.45, 2.75) is 19.4 Å². The maximum absolute atomic E-state index is 11.4. The Morgan fingerprint density at radius 1 is 1.53 bits per heavy atom. The van der Waals surface area contributed by atoms with Crippen molar-refractivity contribution in [3.8, 4) is 5.75 Å². The Morgan fingerprint density at radius 3 is 3.16 bits per heavy atom. The highest BCUT2D eigenvalue weighted by Gasteiger charge is 2.22. The number of aryl methyl sites for hydroxylation is 1. The molecular weight excluding hydrogens is 244 g/mol. The van der Waals surface area contributed by atoms with Crippen LogP contribution in [-0.4, -0.2) is 17.6 Å². The van der Waals surface area contributed by atoms with E-state index >= 15 is 0 Å². The number of benzene rings is 1. The van der Waals surface area contributed by atoms with Gasteiger partial charge in [-0.05, 0) is 42.0 Å². The van der Waals surface area contributed by atoms with Crippen LogP contribution in [0, 0.1) is 6.92 Å². The molecule has 1 aromatic heterocycles. The maximum Gasteiger partial charge on any atom is 0.248 e. The second-order valence-corrected chi connectivity index (χ2v) is 4.65. The van der Waals surface area contributed by atoms with Crippen LogP contribution in [0.15, 0.2) is 28.1 Å². The zero-order valence-corrected chi connectivity index (χ0v) is 10.4. The summed E-state index contributed by atoms with van der Waals surface area (Å²) in [6.45, 7) is 2.30. The van der Waals surface area contributed by atoms with Gasteiger partial charge in [0.1, 0.15) is 5.75 Å². The van der Waals surface area contributed by atoms with Gasteiger partial charge in [0.25, 0.3) is 0 Å². The highest BCUT2D eigenvalue weighted by molar-refractivity contribution is 5.85. The van der Waals surface area contributed by atoms with E-state index in [1.807, 2.05) is 13.0 Å². The Balaban J connectivity index is 2.19. The Bertz CT molecular complexity index is 759. The van der Waals surface area contributed by atoms with Gasteiger partial charge in [-0.15, -0.1) is 0 Å². The van der Waals surface area contributed by atoms with Gasteiger partial charge in [-0.1, -0.05) is 5.11 Å². The first-order chi connectivity index (χ1) is 9.19. The molecule has 2 heterocycles. The topological polar surface area (TPSA) is 90.9 Å². The summed E-state index contributed by atoms with van der Waals surface area (Å²) in [6.07, 6.45) is 0.662. The SMILES string of the molecule is Cc1c2c(cc3ccc(=O)[nH]c13)CC(N=[N+]=[N-])CO2. The molecule has 1 atom stereocenters. The van der Waals surface area contributed by atoms with Crippen molar-refractivity contribution in [1.82, 2.24) is 4.98 Å². The van der Waals surface area contributed by atoms with Crippen molar-refractivity contribution >= 4 is 10.9 Å². The fourth-order valence-electron chi connectivity index (χ4n) is 2.52. The lowest BCUT2D eigenvalue weighted by atomic mass is 9.97. The van der Waals surface area contributed by atoms with Crippen LogP contribution < -0.4 is 10.3 Å². The Labute approximate surface area is 108 Å². The molecule has 1 aliphatic heterocycles. The highest BCUT2D eigenvalue weighted by Crippen LogP contribution is 2.34. The lowest BCUT2D eigenvalue weighted by Gasteiger charge is -2.24. The van der Waals surface area contributed by atoms with Crippen LogP contribution in [0.3, 0.4) is 0 Å². The van der Waals surface area contributed by atoms with E-state index in [0.29, 0.717) is 13.0 Å². The van der Waals surface area contributed by atoms with Crippen LogP contribution in [0.4, 0.5) is 0 Å². The van der Waals surface area contributed by atoms with Gasteiger partial charge in [-0.3, -0.25) is 4.79 Å². The lowest BCUT2D eigenvalue weighted by Crippen LogP contribution is -2.24. The number of H-pyrrole nitrogens is 1. The predicted molar refractivity (Wildman–Crippen MR) is 71.4 cm³/mol. The molecule has 0 saturated carbocycles. The maximum atomic E-state index is 11.4. The van der Waals surface area contributed by atoms with Crippen LogP contribution in [0.1, 0.15) is 11.1 Å². The molecule has 1 N–H and O–H groups in total. The number of rotatable bonds is 1. The van der Waals surface area contributed by atoms with Gasteiger partial charge in [0, 0.05) is 16.5 Å². The molecule has 1 unspecified atom stereocenters. The minimum absolute atomic E-state index is 0.127. The highest BCUT2D eigenvalue weighted by atomic mass is 16.5. The van der Waals surface area contributed by atoms with Crippen molar-refractivity contribution in [1.29, 1.82) is 0 Å². The molecular formula is C13H12N4O2. The minimum Gasteiger partial charge on any atom is -0.493 e. The van der Waals surface area contributed by atoms with Gasteiger partial charge in [0.05, 0.1) is 18.2 Å². The van der Waals surface area contributed by atoms with E-state index < -0.39 is 0 Å². The third kappa shape index (κ3) is 1.92. The van der Waals surface area contributed by atoms with E-state index in [4.69, 9.17) is 10.3 Å². The van der Waals surface area contributed by atoms with E-state index in [1.54, 1.807) is 6.07 Å². The van der Waals surface area contributed by atoms with Gasteiger partial charge in [0.15, 0.2) is 0 Å². The third-order valence-electron chi connectivity index (χ3n) is 3.38. The molecule has 0 aliphatic carbocycles. The second kappa shape index (κ2) is 4.33. The van der Waals surface area contributed by atoms with Gasteiger partial charge in [0.2, 0.25) is 5.56 Å². The molecule has 2 aromatic rings. The summed E-state index contributed by atoms with van der Waals surface area (Å²) in [7, 11) is 0. The smallest absolute Gasteiger partial charge is 0.248 e. The number of aromatic amines is 1. The van der Waals surface area contributed by atoms with E-state index in [1.165, 1.54) is 6.07 Å². The minimum atomic E-state index is -0.169. The fourth-order valence-corrected chi connectivity index (χ4v) is 2.52. The average molecular weight is 256 g/mol.